The van der Waals surface area contributed by atoms with E-state index in [1.54, 1.807) is 30.3 Å². The van der Waals surface area contributed by atoms with Crippen LogP contribution in [-0.4, -0.2) is 117 Å². The third-order valence-corrected chi connectivity index (χ3v) is 42.4. The zero-order chi connectivity index (χ0) is 106. The average molecular weight is 2750 g/mol. The number of aromatic nitrogens is 4. The molecule has 0 saturated carbocycles. The first-order valence-corrected chi connectivity index (χ1v) is 63.3. The number of benzene rings is 8. The van der Waals surface area contributed by atoms with Gasteiger partial charge in [0.2, 0.25) is 0 Å². The minimum Gasteiger partial charge on any atom is -0.513 e. The molecule has 12 nitrogen and oxygen atoms in total. The van der Waals surface area contributed by atoms with Crippen LogP contribution in [0.25, 0.3) is 88.6 Å². The summed E-state index contributed by atoms with van der Waals surface area (Å²) in [5.41, 5.74) is 24.6. The number of aliphatic hydroxyl groups is 8. The molecule has 0 saturated heterocycles. The normalized spacial score (nSPS) is 12.9. The van der Waals surface area contributed by atoms with Crippen LogP contribution in [0.4, 0.5) is 0 Å². The number of nitrogens with zero attached hydrogens (tertiary/aromatic N) is 4. The Morgan fingerprint density at radius 2 is 0.593 bits per heavy atom. The van der Waals surface area contributed by atoms with Crippen molar-refractivity contribution in [3.05, 3.63) is 286 Å². The molecule has 0 bridgehead atoms. The summed E-state index contributed by atoms with van der Waals surface area (Å²) in [5, 5.41) is 82.7. The van der Waals surface area contributed by atoms with Crippen molar-refractivity contribution in [3.8, 4) is 45.0 Å². The first-order chi connectivity index (χ1) is 65.6. The molecule has 12 rings (SSSR count). The number of rotatable bonds is 27. The molecule has 0 amide bonds. The molecule has 4 unspecified atom stereocenters. The Bertz CT molecular complexity index is 5820. The van der Waals surface area contributed by atoms with Crippen LogP contribution < -0.4 is 20.7 Å². The second-order valence-corrected chi connectivity index (χ2v) is 65.6. The van der Waals surface area contributed by atoms with Crippen molar-refractivity contribution in [1.82, 2.24) is 19.9 Å². The SMILES string of the molecule is CC(C)C(O)=CC(O)C(C)C.CC(C)CC(O)=CC(O)CC(C)C.CC(O)=CC(C)O.CC(O)=CC(C)O.Cc1[c-]c(-c2ccc3c([Si](C(C)C)(C(C)C)C(C)C)cccc3n2)cc(C)c1.Cc1[c-]c(-c2ccc3c([Si](C)(C)C)cccc3n2)cc(C)c1.Cc1[c-]c(-c2ccc3c([Si](C)(C)C)cccc3n2)cc(C)c1.Cc1[c-]c(-c2ccc3c([Si](CC(C)C)(CC(C)C)CC(C)C)cccc3n2)cc(C)c1.[Ir].[Ir].[Ir].[Ir]. The van der Waals surface area contributed by atoms with E-state index in [0.717, 1.165) is 102 Å². The van der Waals surface area contributed by atoms with Gasteiger partial charge in [0.05, 0.1) is 102 Å². The van der Waals surface area contributed by atoms with Crippen molar-refractivity contribution >= 4 is 96.7 Å². The fourth-order valence-electron chi connectivity index (χ4n) is 19.9. The first-order valence-electron chi connectivity index (χ1n) is 51.5. The van der Waals surface area contributed by atoms with Gasteiger partial charge < -0.3 is 40.9 Å². The zero-order valence-corrected chi connectivity index (χ0v) is 108. The van der Waals surface area contributed by atoms with E-state index < -0.39 is 56.7 Å². The van der Waals surface area contributed by atoms with Gasteiger partial charge in [-0.05, 0) is 184 Å². The molecule has 4 aromatic heterocycles. The topological polar surface area (TPSA) is 213 Å². The third kappa shape index (κ3) is 44.0. The molecular weight excluding hydrogens is 2570 g/mol. The summed E-state index contributed by atoms with van der Waals surface area (Å²) in [7, 11) is -6.14. The van der Waals surface area contributed by atoms with E-state index in [-0.39, 0.29) is 110 Å². The van der Waals surface area contributed by atoms with Crippen molar-refractivity contribution in [2.45, 2.75) is 333 Å². The number of aryl methyl sites for hydroxylation is 8. The van der Waals surface area contributed by atoms with Crippen molar-refractivity contribution in [1.29, 1.82) is 0 Å². The molecule has 0 spiro atoms. The van der Waals surface area contributed by atoms with Gasteiger partial charge in [-0.25, -0.2) is 0 Å². The molecular formula is C125H178Ir4N4O8Si4-4. The summed E-state index contributed by atoms with van der Waals surface area (Å²) >= 11 is 0. The second-order valence-electron chi connectivity index (χ2n) is 45.3. The van der Waals surface area contributed by atoms with Gasteiger partial charge in [0, 0.05) is 92.8 Å². The molecule has 802 valence electrons. The fourth-order valence-corrected chi connectivity index (χ4v) is 37.1. The number of pyridine rings is 4. The molecule has 4 heterocycles. The van der Waals surface area contributed by atoms with E-state index >= 15 is 0 Å². The minimum absolute atomic E-state index is 0. The van der Waals surface area contributed by atoms with Crippen molar-refractivity contribution in [3.63, 3.8) is 0 Å². The van der Waals surface area contributed by atoms with E-state index in [1.807, 2.05) is 41.5 Å². The Balaban J connectivity index is 0.000000862. The van der Waals surface area contributed by atoms with Gasteiger partial charge in [-0.3, -0.25) is 19.9 Å². The van der Waals surface area contributed by atoms with Crippen LogP contribution >= 0.6 is 0 Å². The smallest absolute Gasteiger partial charge is 0.0951 e. The van der Waals surface area contributed by atoms with Crippen LogP contribution in [0.5, 0.6) is 0 Å². The van der Waals surface area contributed by atoms with E-state index in [4.69, 9.17) is 40.4 Å². The molecule has 0 aliphatic carbocycles. The van der Waals surface area contributed by atoms with Crippen LogP contribution in [0.15, 0.2) is 217 Å². The van der Waals surface area contributed by atoms with Crippen molar-refractivity contribution in [2.75, 3.05) is 0 Å². The molecule has 0 aliphatic rings. The minimum atomic E-state index is -1.73. The Labute approximate surface area is 934 Å². The number of hydrogen-bond donors (Lipinski definition) is 8. The van der Waals surface area contributed by atoms with Crippen molar-refractivity contribution < 1.29 is 121 Å². The fraction of sp³-hybridized carbons (Fsp3) is 0.456. The van der Waals surface area contributed by atoms with E-state index in [1.165, 1.54) is 110 Å². The molecule has 8 N–H and O–H groups in total. The largest absolute Gasteiger partial charge is 0.513 e. The van der Waals surface area contributed by atoms with Gasteiger partial charge in [-0.15, -0.1) is 140 Å². The van der Waals surface area contributed by atoms with Gasteiger partial charge >= 0.3 is 0 Å². The number of fused-ring (bicyclic) bond motifs is 4. The second kappa shape index (κ2) is 63.2. The summed E-state index contributed by atoms with van der Waals surface area (Å²) in [5.74, 6) is 4.21. The number of allylic oxidation sites excluding steroid dienone is 4. The Morgan fingerprint density at radius 1 is 0.324 bits per heavy atom. The predicted octanol–water partition coefficient (Wildman–Crippen LogP) is 31.5. The summed E-state index contributed by atoms with van der Waals surface area (Å²) in [6, 6.07) is 79.7. The molecule has 4 radical (unpaired) electrons. The van der Waals surface area contributed by atoms with Crippen LogP contribution in [0.3, 0.4) is 0 Å². The van der Waals surface area contributed by atoms with Gasteiger partial charge in [0.15, 0.2) is 0 Å². The maximum Gasteiger partial charge on any atom is 0.0951 e. The molecule has 12 aromatic rings. The monoisotopic (exact) mass is 2750 g/mol. The Kier molecular flexibility index (Phi) is 59.3. The van der Waals surface area contributed by atoms with E-state index in [9.17, 15) is 20.4 Å². The van der Waals surface area contributed by atoms with Crippen LogP contribution in [0.1, 0.15) is 224 Å². The zero-order valence-electron chi connectivity index (χ0n) is 94.8. The summed E-state index contributed by atoms with van der Waals surface area (Å²) in [4.78, 5) is 20.0. The predicted molar refractivity (Wildman–Crippen MR) is 621 cm³/mol. The van der Waals surface area contributed by atoms with Crippen molar-refractivity contribution in [2.24, 2.45) is 41.4 Å². The number of aliphatic hydroxyl groups excluding tert-OH is 8. The standard InChI is InChI=1S/C29H40NSi.C26H34NSi.2C20H22NSi.C11H22O2.C9H18O2.2C5H10O2.4Ir/c1-20(2)17-31(18-21(3)4,19-22(5)6)29-11-9-10-28-26(29)12-13-27(30-28)25-15-23(7)14-24(8)16-25;1-17(2)28(18(3)4,19(5)6)26-11-9-10-25-23(26)12-13-24(27-25)22-15-20(7)14-21(8)16-22;2*1-14-11-15(2)13-16(12-14)18-10-9-17-19(21-18)7-6-8-20(17)22(3,4)5;1-8(2)5-10(12)7-11(13)6-9(3)4;1-6(2)8(10)5-9(11)7(3)4;2*1-4(6)3-5(2)7;;;;/h9-15,20-22H,17-19H2,1-8H3;9-15,17-19H,1-8H3;2*6-12H,1-5H3;7-10,12-13H,5-6H2,1-4H3;5-8,10-11H,1-4H3;2*3-4,6-7H,1-2H3;;;;/q4*-1;;;;;;;;. The quantitative estimate of drug-likeness (QED) is 0.0137. The molecule has 4 atom stereocenters. The van der Waals surface area contributed by atoms with E-state index in [2.05, 4.69) is 386 Å². The maximum atomic E-state index is 9.47. The third-order valence-electron chi connectivity index (χ3n) is 24.8. The number of hydrogen-bond acceptors (Lipinski definition) is 12. The molecule has 0 aliphatic heterocycles. The average Bonchev–Trinajstić information content (AvgIpc) is 0.749. The Hall–Kier alpha value is -7.14. The summed E-state index contributed by atoms with van der Waals surface area (Å²) in [6.07, 6.45) is 5.04. The Morgan fingerprint density at radius 3 is 0.814 bits per heavy atom. The van der Waals surface area contributed by atoms with Crippen LogP contribution in [0, 0.1) is 121 Å². The van der Waals surface area contributed by atoms with Gasteiger partial charge in [-0.1, -0.05) is 364 Å². The summed E-state index contributed by atoms with van der Waals surface area (Å²) < 4.78 is 0. The molecule has 8 aromatic carbocycles. The molecule has 0 fully saturated rings. The van der Waals surface area contributed by atoms with E-state index in [0.29, 0.717) is 47.1 Å². The molecule has 145 heavy (non-hydrogen) atoms. The maximum absolute atomic E-state index is 9.47. The van der Waals surface area contributed by atoms with Gasteiger partial charge in [0.25, 0.3) is 0 Å². The van der Waals surface area contributed by atoms with Crippen LogP contribution in [0.2, 0.25) is 74.0 Å². The first kappa shape index (κ1) is 136. The van der Waals surface area contributed by atoms with Gasteiger partial charge in [0.1, 0.15) is 0 Å². The van der Waals surface area contributed by atoms with Gasteiger partial charge in [-0.2, -0.15) is 0 Å². The molecule has 20 heteroatoms. The summed E-state index contributed by atoms with van der Waals surface area (Å²) in [6.45, 7) is 82.2. The van der Waals surface area contributed by atoms with Crippen LogP contribution in [-0.2, 0) is 80.4 Å².